The molecule has 1 amide bonds. The molecule has 1 aromatic carbocycles. The topological polar surface area (TPSA) is 44.1 Å². The highest BCUT2D eigenvalue weighted by Crippen LogP contribution is 2.45. The molecule has 1 aliphatic rings. The summed E-state index contributed by atoms with van der Waals surface area (Å²) < 4.78 is 13.1. The van der Waals surface area contributed by atoms with Crippen molar-refractivity contribution in [3.8, 4) is 6.07 Å². The molecule has 2 rings (SSSR count). The van der Waals surface area contributed by atoms with E-state index in [-0.39, 0.29) is 22.8 Å². The fraction of sp³-hybridized carbons (Fsp3) is 0.467. The molecule has 3 nitrogen and oxygen atoms in total. The Bertz CT molecular complexity index is 552. The third-order valence-electron chi connectivity index (χ3n) is 3.72. The van der Waals surface area contributed by atoms with Crippen LogP contribution in [0, 0.1) is 28.5 Å². The number of hydrogen-bond acceptors (Lipinski definition) is 2. The van der Waals surface area contributed by atoms with E-state index in [2.05, 4.69) is 13.8 Å². The quantitative estimate of drug-likeness (QED) is 0.820. The Labute approximate surface area is 112 Å². The smallest absolute Gasteiger partial charge is 0.229 e. The summed E-state index contributed by atoms with van der Waals surface area (Å²) >= 11 is 0. The van der Waals surface area contributed by atoms with Gasteiger partial charge in [-0.2, -0.15) is 5.26 Å². The Balaban J connectivity index is 2.19. The van der Waals surface area contributed by atoms with Crippen LogP contribution in [0.25, 0.3) is 0 Å². The van der Waals surface area contributed by atoms with Crippen molar-refractivity contribution < 1.29 is 9.18 Å². The third kappa shape index (κ3) is 2.60. The predicted molar refractivity (Wildman–Crippen MR) is 71.0 cm³/mol. The highest BCUT2D eigenvalue weighted by Gasteiger charge is 2.41. The number of nitriles is 1. The summed E-state index contributed by atoms with van der Waals surface area (Å²) in [5.41, 5.74) is 0.884. The molecule has 4 heteroatoms. The number of halogens is 1. The van der Waals surface area contributed by atoms with E-state index in [4.69, 9.17) is 5.26 Å². The summed E-state index contributed by atoms with van der Waals surface area (Å²) in [5.74, 6) is -0.454. The molecule has 1 saturated carbocycles. The van der Waals surface area contributed by atoms with Gasteiger partial charge < -0.3 is 4.90 Å². The highest BCUT2D eigenvalue weighted by molar-refractivity contribution is 5.96. The van der Waals surface area contributed by atoms with E-state index in [1.807, 2.05) is 6.07 Å². The minimum absolute atomic E-state index is 0.00225. The second-order valence-corrected chi connectivity index (χ2v) is 5.94. The number of rotatable bonds is 2. The number of amides is 1. The highest BCUT2D eigenvalue weighted by atomic mass is 19.1. The number of hydrogen-bond donors (Lipinski definition) is 0. The van der Waals surface area contributed by atoms with Crippen LogP contribution in [0.4, 0.5) is 10.1 Å². The maximum atomic E-state index is 13.1. The Hall–Kier alpha value is -1.89. The lowest BCUT2D eigenvalue weighted by Crippen LogP contribution is -2.43. The van der Waals surface area contributed by atoms with Crippen LogP contribution in [-0.2, 0) is 4.79 Å². The van der Waals surface area contributed by atoms with Gasteiger partial charge in [-0.05, 0) is 36.5 Å². The molecule has 0 unspecified atom stereocenters. The van der Waals surface area contributed by atoms with Crippen LogP contribution in [0.1, 0.15) is 32.3 Å². The molecule has 1 fully saturated rings. The molecular weight excluding hydrogens is 243 g/mol. The summed E-state index contributed by atoms with van der Waals surface area (Å²) in [7, 11) is 1.64. The average Bonchev–Trinajstić information content (AvgIpc) is 2.33. The van der Waals surface area contributed by atoms with Crippen molar-refractivity contribution in [1.82, 2.24) is 0 Å². The minimum atomic E-state index is -0.467. The normalized spacial score (nSPS) is 17.4. The number of anilines is 1. The van der Waals surface area contributed by atoms with Crippen molar-refractivity contribution >= 4 is 11.6 Å². The van der Waals surface area contributed by atoms with Crippen LogP contribution in [-0.4, -0.2) is 13.0 Å². The standard InChI is InChI=1S/C15H17FN2O/c1-15(2)7-11(8-15)14(19)18(3)13-5-4-12(16)6-10(13)9-17/h4-6,11H,7-8H2,1-3H3. The van der Waals surface area contributed by atoms with Crippen molar-refractivity contribution in [2.24, 2.45) is 11.3 Å². The van der Waals surface area contributed by atoms with Crippen molar-refractivity contribution in [2.45, 2.75) is 26.7 Å². The van der Waals surface area contributed by atoms with E-state index in [1.54, 1.807) is 7.05 Å². The summed E-state index contributed by atoms with van der Waals surface area (Å²) in [4.78, 5) is 13.8. The molecule has 1 aliphatic carbocycles. The van der Waals surface area contributed by atoms with Gasteiger partial charge in [-0.3, -0.25) is 4.79 Å². The molecule has 0 atom stereocenters. The molecule has 0 aliphatic heterocycles. The van der Waals surface area contributed by atoms with E-state index < -0.39 is 5.82 Å². The zero-order valence-corrected chi connectivity index (χ0v) is 11.4. The van der Waals surface area contributed by atoms with Gasteiger partial charge in [-0.15, -0.1) is 0 Å². The van der Waals surface area contributed by atoms with Crippen LogP contribution in [0.15, 0.2) is 18.2 Å². The van der Waals surface area contributed by atoms with Gasteiger partial charge in [0.1, 0.15) is 11.9 Å². The number of benzene rings is 1. The monoisotopic (exact) mass is 260 g/mol. The van der Waals surface area contributed by atoms with Crippen molar-refractivity contribution in [3.63, 3.8) is 0 Å². The molecule has 0 spiro atoms. The first-order valence-corrected chi connectivity index (χ1v) is 6.31. The third-order valence-corrected chi connectivity index (χ3v) is 3.72. The van der Waals surface area contributed by atoms with Crippen molar-refractivity contribution in [3.05, 3.63) is 29.6 Å². The Kier molecular flexibility index (Phi) is 3.32. The van der Waals surface area contributed by atoms with E-state index >= 15 is 0 Å². The molecular formula is C15H17FN2O. The van der Waals surface area contributed by atoms with Crippen LogP contribution in [0.2, 0.25) is 0 Å². The van der Waals surface area contributed by atoms with Gasteiger partial charge in [-0.1, -0.05) is 13.8 Å². The summed E-state index contributed by atoms with van der Waals surface area (Å²) in [6, 6.07) is 5.84. The zero-order valence-electron chi connectivity index (χ0n) is 11.4. The first-order chi connectivity index (χ1) is 8.84. The Morgan fingerprint density at radius 3 is 2.63 bits per heavy atom. The van der Waals surface area contributed by atoms with Gasteiger partial charge in [0.15, 0.2) is 0 Å². The Morgan fingerprint density at radius 1 is 1.47 bits per heavy atom. The summed E-state index contributed by atoms with van der Waals surface area (Å²) in [5, 5.41) is 9.01. The molecule has 0 heterocycles. The fourth-order valence-electron chi connectivity index (χ4n) is 2.73. The summed E-state index contributed by atoms with van der Waals surface area (Å²) in [6.07, 6.45) is 1.72. The molecule has 0 N–H and O–H groups in total. The van der Waals surface area contributed by atoms with Crippen LogP contribution >= 0.6 is 0 Å². The summed E-state index contributed by atoms with van der Waals surface area (Å²) in [6.45, 7) is 4.27. The Morgan fingerprint density at radius 2 is 2.11 bits per heavy atom. The lowest BCUT2D eigenvalue weighted by Gasteiger charge is -2.43. The van der Waals surface area contributed by atoms with Gasteiger partial charge >= 0.3 is 0 Å². The number of nitrogens with zero attached hydrogens (tertiary/aromatic N) is 2. The van der Waals surface area contributed by atoms with Crippen LogP contribution in [0.5, 0.6) is 0 Å². The maximum Gasteiger partial charge on any atom is 0.229 e. The van der Waals surface area contributed by atoms with Crippen molar-refractivity contribution in [1.29, 1.82) is 5.26 Å². The van der Waals surface area contributed by atoms with Gasteiger partial charge in [-0.25, -0.2) is 4.39 Å². The molecule has 0 aromatic heterocycles. The molecule has 19 heavy (non-hydrogen) atoms. The van der Waals surface area contributed by atoms with Crippen LogP contribution in [0.3, 0.4) is 0 Å². The van der Waals surface area contributed by atoms with Gasteiger partial charge in [0, 0.05) is 13.0 Å². The molecule has 0 radical (unpaired) electrons. The molecule has 1 aromatic rings. The average molecular weight is 260 g/mol. The first-order valence-electron chi connectivity index (χ1n) is 6.31. The van der Waals surface area contributed by atoms with E-state index in [0.29, 0.717) is 5.69 Å². The van der Waals surface area contributed by atoms with Crippen molar-refractivity contribution in [2.75, 3.05) is 11.9 Å². The van der Waals surface area contributed by atoms with Crippen LogP contribution < -0.4 is 4.90 Å². The molecule has 0 saturated heterocycles. The van der Waals surface area contributed by atoms with Gasteiger partial charge in [0.2, 0.25) is 5.91 Å². The zero-order chi connectivity index (χ0) is 14.2. The van der Waals surface area contributed by atoms with Gasteiger partial charge in [0.05, 0.1) is 11.3 Å². The first kappa shape index (κ1) is 13.5. The molecule has 0 bridgehead atoms. The minimum Gasteiger partial charge on any atom is -0.314 e. The second kappa shape index (κ2) is 4.65. The van der Waals surface area contributed by atoms with E-state index in [9.17, 15) is 9.18 Å². The largest absolute Gasteiger partial charge is 0.314 e. The fourth-order valence-corrected chi connectivity index (χ4v) is 2.73. The predicted octanol–water partition coefficient (Wildman–Crippen LogP) is 3.10. The lowest BCUT2D eigenvalue weighted by atomic mass is 9.64. The maximum absolute atomic E-state index is 13.1. The second-order valence-electron chi connectivity index (χ2n) is 5.94. The number of carbonyl (C=O) groups excluding carboxylic acids is 1. The number of carbonyl (C=O) groups is 1. The van der Waals surface area contributed by atoms with E-state index in [1.165, 1.54) is 17.0 Å². The SMILES string of the molecule is CN(C(=O)C1CC(C)(C)C1)c1ccc(F)cc1C#N. The van der Waals surface area contributed by atoms with E-state index in [0.717, 1.165) is 18.9 Å². The molecule has 100 valence electrons. The van der Waals surface area contributed by atoms with Gasteiger partial charge in [0.25, 0.3) is 0 Å². The lowest BCUT2D eigenvalue weighted by molar-refractivity contribution is -0.128.